The maximum absolute atomic E-state index is 13.0. The second kappa shape index (κ2) is 7.98. The van der Waals surface area contributed by atoms with Crippen LogP contribution in [0.3, 0.4) is 0 Å². The predicted molar refractivity (Wildman–Crippen MR) is 91.7 cm³/mol. The number of nitrogens with zero attached hydrogens (tertiary/aromatic N) is 1. The molecular formula is C18H26BrNO. The first-order valence-electron chi connectivity index (χ1n) is 8.07. The van der Waals surface area contributed by atoms with Crippen LogP contribution in [-0.4, -0.2) is 29.2 Å². The number of halogens is 1. The van der Waals surface area contributed by atoms with Crippen LogP contribution in [0.4, 0.5) is 0 Å². The first kappa shape index (κ1) is 16.5. The highest BCUT2D eigenvalue weighted by atomic mass is 79.9. The number of rotatable bonds is 5. The number of hydrogen-bond donors (Lipinski definition) is 0. The van der Waals surface area contributed by atoms with E-state index in [0.29, 0.717) is 11.8 Å². The van der Waals surface area contributed by atoms with Crippen LogP contribution in [0.5, 0.6) is 0 Å². The lowest BCUT2D eigenvalue weighted by molar-refractivity contribution is -0.135. The Morgan fingerprint density at radius 1 is 1.29 bits per heavy atom. The number of likely N-dealkylation sites (tertiary alicyclic amines) is 1. The van der Waals surface area contributed by atoms with Crippen LogP contribution < -0.4 is 0 Å². The maximum atomic E-state index is 13.0. The Labute approximate surface area is 137 Å². The van der Waals surface area contributed by atoms with Crippen LogP contribution in [0.15, 0.2) is 30.3 Å². The molecule has 0 N–H and O–H groups in total. The van der Waals surface area contributed by atoms with Crippen molar-refractivity contribution in [2.75, 3.05) is 18.4 Å². The maximum Gasteiger partial charge on any atom is 0.230 e. The molecule has 1 amide bonds. The summed E-state index contributed by atoms with van der Waals surface area (Å²) in [6.45, 7) is 6.19. The van der Waals surface area contributed by atoms with E-state index in [1.54, 1.807) is 0 Å². The van der Waals surface area contributed by atoms with Crippen molar-refractivity contribution in [1.29, 1.82) is 0 Å². The van der Waals surface area contributed by atoms with Crippen molar-refractivity contribution in [2.45, 2.75) is 39.0 Å². The molecule has 1 aliphatic rings. The Bertz CT molecular complexity index is 440. The molecule has 2 rings (SSSR count). The molecule has 1 heterocycles. The predicted octanol–water partition coefficient (Wildman–Crippen LogP) is 4.45. The van der Waals surface area contributed by atoms with Crippen molar-refractivity contribution in [2.24, 2.45) is 11.8 Å². The van der Waals surface area contributed by atoms with Gasteiger partial charge in [0.1, 0.15) is 0 Å². The number of piperidine rings is 1. The molecule has 0 aliphatic carbocycles. The summed E-state index contributed by atoms with van der Waals surface area (Å²) in [6.07, 6.45) is 3.28. The molecule has 2 nitrogen and oxygen atoms in total. The number of hydrogen-bond acceptors (Lipinski definition) is 1. The lowest BCUT2D eigenvalue weighted by atomic mass is 9.84. The second-order valence-corrected chi connectivity index (χ2v) is 6.84. The van der Waals surface area contributed by atoms with E-state index < -0.39 is 0 Å². The standard InChI is InChI=1S/C18H26BrNO/c1-3-14(2)17(16-7-5-4-6-8-16)18(21)20-11-9-15(13-19)10-12-20/h4-8,14-15,17H,3,9-13H2,1-2H3. The molecule has 0 spiro atoms. The van der Waals surface area contributed by atoms with Crippen molar-refractivity contribution in [3.05, 3.63) is 35.9 Å². The van der Waals surface area contributed by atoms with E-state index in [4.69, 9.17) is 0 Å². The Morgan fingerprint density at radius 2 is 1.90 bits per heavy atom. The summed E-state index contributed by atoms with van der Waals surface area (Å²) >= 11 is 3.56. The fourth-order valence-corrected chi connectivity index (χ4v) is 3.76. The minimum Gasteiger partial charge on any atom is -0.342 e. The van der Waals surface area contributed by atoms with E-state index in [-0.39, 0.29) is 5.92 Å². The van der Waals surface area contributed by atoms with Gasteiger partial charge >= 0.3 is 0 Å². The molecule has 116 valence electrons. The van der Waals surface area contributed by atoms with Gasteiger partial charge in [-0.05, 0) is 30.2 Å². The van der Waals surface area contributed by atoms with Crippen LogP contribution >= 0.6 is 15.9 Å². The fourth-order valence-electron chi connectivity index (χ4n) is 3.11. The molecule has 21 heavy (non-hydrogen) atoms. The van der Waals surface area contributed by atoms with Gasteiger partial charge < -0.3 is 4.90 Å². The monoisotopic (exact) mass is 351 g/mol. The number of carbonyl (C=O) groups is 1. The van der Waals surface area contributed by atoms with Gasteiger partial charge in [0.2, 0.25) is 5.91 Å². The molecule has 2 atom stereocenters. The zero-order valence-electron chi connectivity index (χ0n) is 13.1. The van der Waals surface area contributed by atoms with Crippen LogP contribution in [0.2, 0.25) is 0 Å². The summed E-state index contributed by atoms with van der Waals surface area (Å²) in [6, 6.07) is 10.3. The van der Waals surface area contributed by atoms with E-state index in [1.165, 1.54) is 5.56 Å². The van der Waals surface area contributed by atoms with Gasteiger partial charge in [0.05, 0.1) is 5.92 Å². The molecule has 1 aromatic rings. The average Bonchev–Trinajstić information content (AvgIpc) is 2.55. The number of alkyl halides is 1. The zero-order valence-corrected chi connectivity index (χ0v) is 14.7. The molecular weight excluding hydrogens is 326 g/mol. The Morgan fingerprint density at radius 3 is 2.43 bits per heavy atom. The van der Waals surface area contributed by atoms with E-state index in [0.717, 1.165) is 43.6 Å². The first-order valence-corrected chi connectivity index (χ1v) is 9.19. The minimum atomic E-state index is 0.0109. The number of amides is 1. The van der Waals surface area contributed by atoms with Crippen LogP contribution in [0, 0.1) is 11.8 Å². The van der Waals surface area contributed by atoms with Gasteiger partial charge in [0.25, 0.3) is 0 Å². The van der Waals surface area contributed by atoms with Crippen LogP contribution in [0.1, 0.15) is 44.6 Å². The quantitative estimate of drug-likeness (QED) is 0.717. The SMILES string of the molecule is CCC(C)C(C(=O)N1CCC(CBr)CC1)c1ccccc1. The third-order valence-electron chi connectivity index (χ3n) is 4.78. The molecule has 0 aromatic heterocycles. The molecule has 0 bridgehead atoms. The lowest BCUT2D eigenvalue weighted by Crippen LogP contribution is -2.42. The highest BCUT2D eigenvalue weighted by Crippen LogP contribution is 2.31. The van der Waals surface area contributed by atoms with E-state index in [2.05, 4.69) is 46.8 Å². The zero-order chi connectivity index (χ0) is 15.2. The summed E-state index contributed by atoms with van der Waals surface area (Å²) in [5.74, 6) is 1.45. The molecule has 0 radical (unpaired) electrons. The molecule has 1 aliphatic heterocycles. The normalized spacial score (nSPS) is 19.3. The second-order valence-electron chi connectivity index (χ2n) is 6.20. The summed E-state index contributed by atoms with van der Waals surface area (Å²) < 4.78 is 0. The number of benzene rings is 1. The van der Waals surface area contributed by atoms with E-state index in [9.17, 15) is 4.79 Å². The van der Waals surface area contributed by atoms with Gasteiger partial charge in [-0.2, -0.15) is 0 Å². The van der Waals surface area contributed by atoms with Gasteiger partial charge in [0, 0.05) is 18.4 Å². The molecule has 0 saturated carbocycles. The Balaban J connectivity index is 2.12. The third kappa shape index (κ3) is 4.09. The van der Waals surface area contributed by atoms with Crippen molar-refractivity contribution >= 4 is 21.8 Å². The van der Waals surface area contributed by atoms with Gasteiger partial charge in [-0.1, -0.05) is 66.5 Å². The highest BCUT2D eigenvalue weighted by molar-refractivity contribution is 9.09. The third-order valence-corrected chi connectivity index (χ3v) is 5.70. The van der Waals surface area contributed by atoms with Crippen molar-refractivity contribution < 1.29 is 4.79 Å². The van der Waals surface area contributed by atoms with E-state index >= 15 is 0 Å². The lowest BCUT2D eigenvalue weighted by Gasteiger charge is -2.35. The summed E-state index contributed by atoms with van der Waals surface area (Å²) in [5, 5.41) is 1.06. The molecule has 2 unspecified atom stereocenters. The van der Waals surface area contributed by atoms with Gasteiger partial charge in [-0.15, -0.1) is 0 Å². The smallest absolute Gasteiger partial charge is 0.230 e. The summed E-state index contributed by atoms with van der Waals surface area (Å²) in [5.41, 5.74) is 1.17. The van der Waals surface area contributed by atoms with Gasteiger partial charge in [-0.3, -0.25) is 4.79 Å². The van der Waals surface area contributed by atoms with Crippen LogP contribution in [0.25, 0.3) is 0 Å². The summed E-state index contributed by atoms with van der Waals surface area (Å²) in [4.78, 5) is 15.1. The van der Waals surface area contributed by atoms with Gasteiger partial charge in [0.15, 0.2) is 0 Å². The van der Waals surface area contributed by atoms with Crippen molar-refractivity contribution in [3.8, 4) is 0 Å². The minimum absolute atomic E-state index is 0.0109. The molecule has 1 aromatic carbocycles. The molecule has 3 heteroatoms. The highest BCUT2D eigenvalue weighted by Gasteiger charge is 2.31. The molecule has 1 fully saturated rings. The van der Waals surface area contributed by atoms with Crippen molar-refractivity contribution in [3.63, 3.8) is 0 Å². The Hall–Kier alpha value is -0.830. The largest absolute Gasteiger partial charge is 0.342 e. The molecule has 1 saturated heterocycles. The fraction of sp³-hybridized carbons (Fsp3) is 0.611. The number of carbonyl (C=O) groups excluding carboxylic acids is 1. The topological polar surface area (TPSA) is 20.3 Å². The van der Waals surface area contributed by atoms with E-state index in [1.807, 2.05) is 18.2 Å². The van der Waals surface area contributed by atoms with Crippen molar-refractivity contribution in [1.82, 2.24) is 4.90 Å². The van der Waals surface area contributed by atoms with Gasteiger partial charge in [-0.25, -0.2) is 0 Å². The summed E-state index contributed by atoms with van der Waals surface area (Å²) in [7, 11) is 0. The van der Waals surface area contributed by atoms with Crippen LogP contribution in [-0.2, 0) is 4.79 Å². The Kier molecular flexibility index (Phi) is 6.28. The average molecular weight is 352 g/mol. The first-order chi connectivity index (χ1) is 10.2.